The van der Waals surface area contributed by atoms with Gasteiger partial charge in [0.2, 0.25) is 0 Å². The van der Waals surface area contributed by atoms with E-state index in [1.54, 1.807) is 0 Å². The summed E-state index contributed by atoms with van der Waals surface area (Å²) in [5.74, 6) is 0.195. The summed E-state index contributed by atoms with van der Waals surface area (Å²) in [7, 11) is 0. The number of aryl methyl sites for hydroxylation is 1. The summed E-state index contributed by atoms with van der Waals surface area (Å²) in [5.41, 5.74) is 7.73. The van der Waals surface area contributed by atoms with E-state index < -0.39 is 0 Å². The second kappa shape index (κ2) is 6.44. The Balaban J connectivity index is 2.56. The van der Waals surface area contributed by atoms with E-state index in [9.17, 15) is 4.79 Å². The molecule has 0 aromatic heterocycles. The monoisotopic (exact) mass is 219 g/mol. The van der Waals surface area contributed by atoms with Crippen molar-refractivity contribution in [3.63, 3.8) is 0 Å². The smallest absolute Gasteiger partial charge is 0.162 e. The van der Waals surface area contributed by atoms with Gasteiger partial charge in [-0.05, 0) is 25.3 Å². The minimum absolute atomic E-state index is 0.100. The average Bonchev–Trinajstić information content (AvgIpc) is 2.27. The number of rotatable bonds is 6. The van der Waals surface area contributed by atoms with Crippen molar-refractivity contribution in [3.8, 4) is 0 Å². The summed E-state index contributed by atoms with van der Waals surface area (Å²) in [6.45, 7) is 4.08. The van der Waals surface area contributed by atoms with Crippen molar-refractivity contribution in [2.45, 2.75) is 45.6 Å². The van der Waals surface area contributed by atoms with Gasteiger partial charge in [0.25, 0.3) is 0 Å². The maximum absolute atomic E-state index is 11.8. The SMILES string of the molecule is CCCc1ccc(C(=O)CCC(C)N)cc1. The highest BCUT2D eigenvalue weighted by atomic mass is 16.1. The molecule has 0 aliphatic heterocycles. The molecule has 2 nitrogen and oxygen atoms in total. The highest BCUT2D eigenvalue weighted by Crippen LogP contribution is 2.10. The lowest BCUT2D eigenvalue weighted by atomic mass is 10.0. The molecule has 1 unspecified atom stereocenters. The van der Waals surface area contributed by atoms with Crippen LogP contribution in [0.2, 0.25) is 0 Å². The van der Waals surface area contributed by atoms with E-state index >= 15 is 0 Å². The molecule has 0 saturated heterocycles. The molecule has 0 fully saturated rings. The van der Waals surface area contributed by atoms with Crippen LogP contribution >= 0.6 is 0 Å². The first-order valence-electron chi connectivity index (χ1n) is 6.01. The van der Waals surface area contributed by atoms with Crippen LogP contribution in [-0.4, -0.2) is 11.8 Å². The molecule has 1 atom stereocenters. The fourth-order valence-corrected chi connectivity index (χ4v) is 1.65. The third kappa shape index (κ3) is 4.15. The van der Waals surface area contributed by atoms with Crippen LogP contribution in [0, 0.1) is 0 Å². The summed E-state index contributed by atoms with van der Waals surface area (Å²) >= 11 is 0. The molecule has 1 rings (SSSR count). The molecule has 0 heterocycles. The van der Waals surface area contributed by atoms with Gasteiger partial charge in [-0.1, -0.05) is 37.6 Å². The van der Waals surface area contributed by atoms with Crippen LogP contribution < -0.4 is 5.73 Å². The molecule has 1 aromatic carbocycles. The maximum Gasteiger partial charge on any atom is 0.162 e. The van der Waals surface area contributed by atoms with Crippen molar-refractivity contribution < 1.29 is 4.79 Å². The van der Waals surface area contributed by atoms with E-state index in [0.717, 1.165) is 24.8 Å². The summed E-state index contributed by atoms with van der Waals surface area (Å²) in [6.07, 6.45) is 3.52. The van der Waals surface area contributed by atoms with Crippen LogP contribution in [0.1, 0.15) is 49.0 Å². The van der Waals surface area contributed by atoms with E-state index in [-0.39, 0.29) is 11.8 Å². The van der Waals surface area contributed by atoms with Crippen molar-refractivity contribution in [2.24, 2.45) is 5.73 Å². The highest BCUT2D eigenvalue weighted by molar-refractivity contribution is 5.96. The van der Waals surface area contributed by atoms with Crippen LogP contribution in [-0.2, 0) is 6.42 Å². The Morgan fingerprint density at radius 1 is 1.31 bits per heavy atom. The molecule has 88 valence electrons. The van der Waals surface area contributed by atoms with E-state index in [2.05, 4.69) is 6.92 Å². The number of benzene rings is 1. The molecule has 0 radical (unpaired) electrons. The third-order valence-electron chi connectivity index (χ3n) is 2.64. The predicted octanol–water partition coefficient (Wildman–Crippen LogP) is 2.95. The molecule has 0 amide bonds. The highest BCUT2D eigenvalue weighted by Gasteiger charge is 2.06. The molecule has 0 bridgehead atoms. The minimum atomic E-state index is 0.100. The third-order valence-corrected chi connectivity index (χ3v) is 2.64. The average molecular weight is 219 g/mol. The number of carbonyl (C=O) groups is 1. The topological polar surface area (TPSA) is 43.1 Å². The van der Waals surface area contributed by atoms with Crippen LogP contribution in [0.25, 0.3) is 0 Å². The van der Waals surface area contributed by atoms with E-state index in [1.807, 2.05) is 31.2 Å². The standard InChI is InChI=1S/C14H21NO/c1-3-4-12-6-8-13(9-7-12)14(16)10-5-11(2)15/h6-9,11H,3-5,10,15H2,1-2H3. The lowest BCUT2D eigenvalue weighted by Gasteiger charge is -2.05. The van der Waals surface area contributed by atoms with Gasteiger partial charge < -0.3 is 5.73 Å². The second-order valence-corrected chi connectivity index (χ2v) is 4.39. The molecule has 0 saturated carbocycles. The predicted molar refractivity (Wildman–Crippen MR) is 67.7 cm³/mol. The first-order chi connectivity index (χ1) is 7.63. The van der Waals surface area contributed by atoms with Crippen molar-refractivity contribution in [1.29, 1.82) is 0 Å². The van der Waals surface area contributed by atoms with Gasteiger partial charge in [-0.2, -0.15) is 0 Å². The quantitative estimate of drug-likeness (QED) is 0.747. The van der Waals surface area contributed by atoms with Crippen LogP contribution in [0.4, 0.5) is 0 Å². The van der Waals surface area contributed by atoms with E-state index in [1.165, 1.54) is 5.56 Å². The maximum atomic E-state index is 11.8. The molecule has 16 heavy (non-hydrogen) atoms. The first-order valence-corrected chi connectivity index (χ1v) is 6.01. The number of hydrogen-bond donors (Lipinski definition) is 1. The molecule has 2 heteroatoms. The Kier molecular flexibility index (Phi) is 5.20. The fourth-order valence-electron chi connectivity index (χ4n) is 1.65. The largest absolute Gasteiger partial charge is 0.328 e. The summed E-state index contributed by atoms with van der Waals surface area (Å²) in [4.78, 5) is 11.8. The number of Topliss-reactive ketones (excluding diaryl/α,β-unsaturated/α-hetero) is 1. The van der Waals surface area contributed by atoms with Gasteiger partial charge >= 0.3 is 0 Å². The first kappa shape index (κ1) is 12.9. The Hall–Kier alpha value is -1.15. The molecule has 2 N–H and O–H groups in total. The summed E-state index contributed by atoms with van der Waals surface area (Å²) in [5, 5.41) is 0. The number of nitrogens with two attached hydrogens (primary N) is 1. The Labute approximate surface area is 97.9 Å². The number of carbonyl (C=O) groups excluding carboxylic acids is 1. The summed E-state index contributed by atoms with van der Waals surface area (Å²) < 4.78 is 0. The molecule has 1 aromatic rings. The van der Waals surface area contributed by atoms with E-state index in [0.29, 0.717) is 6.42 Å². The van der Waals surface area contributed by atoms with Gasteiger partial charge in [0.15, 0.2) is 5.78 Å². The Morgan fingerprint density at radius 3 is 2.44 bits per heavy atom. The normalized spacial score (nSPS) is 12.4. The van der Waals surface area contributed by atoms with Crippen molar-refractivity contribution in [1.82, 2.24) is 0 Å². The van der Waals surface area contributed by atoms with Gasteiger partial charge in [0.05, 0.1) is 0 Å². The van der Waals surface area contributed by atoms with E-state index in [4.69, 9.17) is 5.73 Å². The van der Waals surface area contributed by atoms with Gasteiger partial charge in [0.1, 0.15) is 0 Å². The molecular formula is C14H21NO. The zero-order chi connectivity index (χ0) is 12.0. The van der Waals surface area contributed by atoms with Gasteiger partial charge in [0, 0.05) is 18.0 Å². The number of hydrogen-bond acceptors (Lipinski definition) is 2. The second-order valence-electron chi connectivity index (χ2n) is 4.39. The van der Waals surface area contributed by atoms with Gasteiger partial charge in [-0.15, -0.1) is 0 Å². The zero-order valence-corrected chi connectivity index (χ0v) is 10.2. The van der Waals surface area contributed by atoms with Crippen molar-refractivity contribution >= 4 is 5.78 Å². The number of ketones is 1. The Bertz CT molecular complexity index is 327. The fraction of sp³-hybridized carbons (Fsp3) is 0.500. The minimum Gasteiger partial charge on any atom is -0.328 e. The zero-order valence-electron chi connectivity index (χ0n) is 10.2. The van der Waals surface area contributed by atoms with Gasteiger partial charge in [-0.25, -0.2) is 0 Å². The molecule has 0 aliphatic rings. The lowest BCUT2D eigenvalue weighted by molar-refractivity contribution is 0.0978. The molecule has 0 spiro atoms. The molecule has 0 aliphatic carbocycles. The van der Waals surface area contributed by atoms with Crippen LogP contribution in [0.3, 0.4) is 0 Å². The van der Waals surface area contributed by atoms with Crippen LogP contribution in [0.15, 0.2) is 24.3 Å². The molecular weight excluding hydrogens is 198 g/mol. The van der Waals surface area contributed by atoms with Crippen LogP contribution in [0.5, 0.6) is 0 Å². The summed E-state index contributed by atoms with van der Waals surface area (Å²) in [6, 6.07) is 8.04. The van der Waals surface area contributed by atoms with Gasteiger partial charge in [-0.3, -0.25) is 4.79 Å². The Morgan fingerprint density at radius 2 is 1.94 bits per heavy atom. The lowest BCUT2D eigenvalue weighted by Crippen LogP contribution is -2.16. The van der Waals surface area contributed by atoms with Crippen molar-refractivity contribution in [3.05, 3.63) is 35.4 Å². The van der Waals surface area contributed by atoms with Crippen molar-refractivity contribution in [2.75, 3.05) is 0 Å².